The summed E-state index contributed by atoms with van der Waals surface area (Å²) in [5.74, 6) is 0.745. The maximum atomic E-state index is 12.4. The van der Waals surface area contributed by atoms with Gasteiger partial charge in [-0.25, -0.2) is 9.59 Å². The number of carbonyl (C=O) groups excluding carboxylic acids is 2. The van der Waals surface area contributed by atoms with Gasteiger partial charge < -0.3 is 20.1 Å². The number of hydrogen-bond donors (Lipinski definition) is 2. The van der Waals surface area contributed by atoms with Crippen LogP contribution in [-0.4, -0.2) is 43.9 Å². The summed E-state index contributed by atoms with van der Waals surface area (Å²) in [5.41, 5.74) is -0.527. The standard InChI is InChI=1S/C20H34N2O4/c1-6-18(23)26-14-12-20(4,11-13-25-5)22-19(24)21-17-9-7-16(8-10-17)15(2)3/h6-7,9,15-17H,1,8,10-14H2,2-5H3,(H2,21,22,24). The van der Waals surface area contributed by atoms with Crippen LogP contribution < -0.4 is 10.6 Å². The molecule has 1 aliphatic carbocycles. The molecule has 0 aromatic rings. The minimum Gasteiger partial charge on any atom is -0.462 e. The van der Waals surface area contributed by atoms with Crippen molar-refractivity contribution in [3.63, 3.8) is 0 Å². The third kappa shape index (κ3) is 8.04. The normalized spacial score (nSPS) is 21.7. The van der Waals surface area contributed by atoms with Gasteiger partial charge in [0.2, 0.25) is 0 Å². The van der Waals surface area contributed by atoms with E-state index in [9.17, 15) is 9.59 Å². The smallest absolute Gasteiger partial charge is 0.330 e. The first kappa shape index (κ1) is 22.2. The molecular formula is C20H34N2O4. The summed E-state index contributed by atoms with van der Waals surface area (Å²) in [5, 5.41) is 6.04. The number of urea groups is 1. The summed E-state index contributed by atoms with van der Waals surface area (Å²) in [4.78, 5) is 23.6. The Labute approximate surface area is 157 Å². The quantitative estimate of drug-likeness (QED) is 0.354. The number of carbonyl (C=O) groups is 2. The van der Waals surface area contributed by atoms with Crippen molar-refractivity contribution in [1.82, 2.24) is 10.6 Å². The van der Waals surface area contributed by atoms with Gasteiger partial charge in [0, 0.05) is 37.8 Å². The number of amides is 2. The summed E-state index contributed by atoms with van der Waals surface area (Å²) < 4.78 is 10.2. The molecule has 3 atom stereocenters. The van der Waals surface area contributed by atoms with Gasteiger partial charge in [0.05, 0.1) is 6.61 Å². The van der Waals surface area contributed by atoms with Gasteiger partial charge in [0.15, 0.2) is 0 Å². The molecule has 3 unspecified atom stereocenters. The molecule has 2 amide bonds. The highest BCUT2D eigenvalue weighted by molar-refractivity contribution is 5.81. The van der Waals surface area contributed by atoms with Crippen LogP contribution >= 0.6 is 0 Å². The first-order valence-electron chi connectivity index (χ1n) is 9.35. The fraction of sp³-hybridized carbons (Fsp3) is 0.700. The molecule has 148 valence electrons. The Balaban J connectivity index is 2.54. The molecule has 0 aromatic heterocycles. The van der Waals surface area contributed by atoms with Crippen LogP contribution in [0.3, 0.4) is 0 Å². The molecule has 26 heavy (non-hydrogen) atoms. The van der Waals surface area contributed by atoms with Crippen LogP contribution in [0.4, 0.5) is 4.79 Å². The van der Waals surface area contributed by atoms with E-state index in [2.05, 4.69) is 43.2 Å². The molecule has 0 saturated carbocycles. The number of esters is 1. The molecule has 0 radical (unpaired) electrons. The first-order valence-corrected chi connectivity index (χ1v) is 9.35. The van der Waals surface area contributed by atoms with Crippen molar-refractivity contribution in [1.29, 1.82) is 0 Å². The summed E-state index contributed by atoms with van der Waals surface area (Å²) in [6, 6.07) is -0.161. The lowest BCUT2D eigenvalue weighted by atomic mass is 9.85. The molecule has 6 nitrogen and oxygen atoms in total. The monoisotopic (exact) mass is 366 g/mol. The van der Waals surface area contributed by atoms with E-state index in [1.807, 2.05) is 6.92 Å². The minimum absolute atomic E-state index is 0.0512. The summed E-state index contributed by atoms with van der Waals surface area (Å²) in [6.07, 6.45) is 8.57. The zero-order valence-corrected chi connectivity index (χ0v) is 16.5. The maximum Gasteiger partial charge on any atom is 0.330 e. The summed E-state index contributed by atoms with van der Waals surface area (Å²) >= 11 is 0. The van der Waals surface area contributed by atoms with Crippen LogP contribution in [0.15, 0.2) is 24.8 Å². The second-order valence-corrected chi connectivity index (χ2v) is 7.50. The van der Waals surface area contributed by atoms with Crippen molar-refractivity contribution in [3.8, 4) is 0 Å². The lowest BCUT2D eigenvalue weighted by Gasteiger charge is -2.32. The third-order valence-corrected chi connectivity index (χ3v) is 4.91. The summed E-state index contributed by atoms with van der Waals surface area (Å²) in [7, 11) is 1.62. The predicted molar refractivity (Wildman–Crippen MR) is 103 cm³/mol. The van der Waals surface area contributed by atoms with Crippen molar-refractivity contribution in [2.24, 2.45) is 11.8 Å². The van der Waals surface area contributed by atoms with Crippen LogP contribution in [0.1, 0.15) is 46.5 Å². The Kier molecular flexibility index (Phi) is 9.41. The molecule has 1 aliphatic rings. The van der Waals surface area contributed by atoms with Crippen molar-refractivity contribution in [2.45, 2.75) is 58.0 Å². The number of ether oxygens (including phenoxy) is 2. The van der Waals surface area contributed by atoms with Crippen LogP contribution in [-0.2, 0) is 14.3 Å². The van der Waals surface area contributed by atoms with Gasteiger partial charge in [-0.1, -0.05) is 32.6 Å². The zero-order valence-electron chi connectivity index (χ0n) is 16.5. The van der Waals surface area contributed by atoms with Crippen molar-refractivity contribution in [2.75, 3.05) is 20.3 Å². The van der Waals surface area contributed by atoms with Crippen LogP contribution in [0.5, 0.6) is 0 Å². The first-order chi connectivity index (χ1) is 12.3. The zero-order chi connectivity index (χ0) is 19.6. The number of allylic oxidation sites excluding steroid dienone is 1. The SMILES string of the molecule is C=CC(=O)OCCC(C)(CCOC)NC(=O)NC1C=CC(C(C)C)CC1. The summed E-state index contributed by atoms with van der Waals surface area (Å²) in [6.45, 7) is 10.5. The fourth-order valence-electron chi connectivity index (χ4n) is 3.01. The lowest BCUT2D eigenvalue weighted by molar-refractivity contribution is -0.138. The average Bonchev–Trinajstić information content (AvgIpc) is 2.60. The van der Waals surface area contributed by atoms with Crippen molar-refractivity contribution < 1.29 is 19.1 Å². The van der Waals surface area contributed by atoms with Crippen LogP contribution in [0, 0.1) is 11.8 Å². The van der Waals surface area contributed by atoms with E-state index in [1.54, 1.807) is 7.11 Å². The molecule has 2 N–H and O–H groups in total. The Hall–Kier alpha value is -1.82. The number of hydrogen-bond acceptors (Lipinski definition) is 4. The Morgan fingerprint density at radius 3 is 2.50 bits per heavy atom. The Morgan fingerprint density at radius 2 is 1.96 bits per heavy atom. The van der Waals surface area contributed by atoms with Gasteiger partial charge >= 0.3 is 12.0 Å². The van der Waals surface area contributed by atoms with E-state index in [1.165, 1.54) is 0 Å². The molecular weight excluding hydrogens is 332 g/mol. The number of rotatable bonds is 10. The van der Waals surface area contributed by atoms with E-state index in [4.69, 9.17) is 9.47 Å². The molecule has 0 spiro atoms. The fourth-order valence-corrected chi connectivity index (χ4v) is 3.01. The van der Waals surface area contributed by atoms with E-state index < -0.39 is 11.5 Å². The van der Waals surface area contributed by atoms with Crippen molar-refractivity contribution in [3.05, 3.63) is 24.8 Å². The third-order valence-electron chi connectivity index (χ3n) is 4.91. The predicted octanol–water partition coefficient (Wildman–Crippen LogP) is 3.19. The second-order valence-electron chi connectivity index (χ2n) is 7.50. The van der Waals surface area contributed by atoms with Gasteiger partial charge in [0.1, 0.15) is 0 Å². The minimum atomic E-state index is -0.527. The van der Waals surface area contributed by atoms with Crippen molar-refractivity contribution >= 4 is 12.0 Å². The van der Waals surface area contributed by atoms with E-state index in [0.29, 0.717) is 31.3 Å². The van der Waals surface area contributed by atoms with Gasteiger partial charge in [-0.2, -0.15) is 0 Å². The molecule has 0 bridgehead atoms. The molecule has 1 rings (SSSR count). The molecule has 6 heteroatoms. The molecule has 0 aromatic carbocycles. The lowest BCUT2D eigenvalue weighted by Crippen LogP contribution is -2.53. The van der Waals surface area contributed by atoms with Crippen LogP contribution in [0.25, 0.3) is 0 Å². The number of nitrogens with one attached hydrogen (secondary N) is 2. The highest BCUT2D eigenvalue weighted by Crippen LogP contribution is 2.24. The largest absolute Gasteiger partial charge is 0.462 e. The van der Waals surface area contributed by atoms with E-state index in [-0.39, 0.29) is 18.7 Å². The molecule has 0 fully saturated rings. The maximum absolute atomic E-state index is 12.4. The van der Waals surface area contributed by atoms with Gasteiger partial charge in [0.25, 0.3) is 0 Å². The van der Waals surface area contributed by atoms with E-state index in [0.717, 1.165) is 18.9 Å². The van der Waals surface area contributed by atoms with Gasteiger partial charge in [-0.15, -0.1) is 0 Å². The average molecular weight is 367 g/mol. The van der Waals surface area contributed by atoms with Gasteiger partial charge in [-0.05, 0) is 38.0 Å². The molecule has 0 saturated heterocycles. The highest BCUT2D eigenvalue weighted by atomic mass is 16.5. The number of methoxy groups -OCH3 is 1. The van der Waals surface area contributed by atoms with E-state index >= 15 is 0 Å². The highest BCUT2D eigenvalue weighted by Gasteiger charge is 2.28. The second kappa shape index (κ2) is 11.0. The van der Waals surface area contributed by atoms with Crippen LogP contribution in [0.2, 0.25) is 0 Å². The Morgan fingerprint density at radius 1 is 1.27 bits per heavy atom. The molecule has 0 heterocycles. The Bertz CT molecular complexity index is 504. The molecule has 0 aliphatic heterocycles. The topological polar surface area (TPSA) is 76.7 Å². The van der Waals surface area contributed by atoms with Gasteiger partial charge in [-0.3, -0.25) is 0 Å².